The van der Waals surface area contributed by atoms with E-state index in [0.29, 0.717) is 49.7 Å². The summed E-state index contributed by atoms with van der Waals surface area (Å²) in [5.41, 5.74) is 1.67. The molecule has 4 N–H and O–H groups in total. The predicted octanol–water partition coefficient (Wildman–Crippen LogP) is 2.92. The molecule has 1 aliphatic rings. The van der Waals surface area contributed by atoms with Gasteiger partial charge in [0.2, 0.25) is 5.91 Å². The first-order valence-corrected chi connectivity index (χ1v) is 11.6. The molecule has 13 heteroatoms. The number of nitrogens with zero attached hydrogens (tertiary/aromatic N) is 2. The number of halogens is 3. The summed E-state index contributed by atoms with van der Waals surface area (Å²) in [6.45, 7) is 6.75. The molecule has 0 atom stereocenters. The van der Waals surface area contributed by atoms with Crippen molar-refractivity contribution in [3.8, 4) is 0 Å². The van der Waals surface area contributed by atoms with Crippen LogP contribution in [-0.2, 0) is 9.59 Å². The minimum Gasteiger partial charge on any atom is -0.478 e. The van der Waals surface area contributed by atoms with Gasteiger partial charge in [-0.25, -0.2) is 9.59 Å². The highest BCUT2D eigenvalue weighted by Gasteiger charge is 2.38. The first-order chi connectivity index (χ1) is 17.8. The molecule has 1 heterocycles. The summed E-state index contributed by atoms with van der Waals surface area (Å²) < 4.78 is 31.7. The fraction of sp³-hybridized carbons (Fsp3) is 0.360. The van der Waals surface area contributed by atoms with Gasteiger partial charge in [0, 0.05) is 43.5 Å². The lowest BCUT2D eigenvalue weighted by atomic mass is 10.1. The Morgan fingerprint density at radius 2 is 1.53 bits per heavy atom. The first-order valence-electron chi connectivity index (χ1n) is 11.6. The molecule has 0 aliphatic carbocycles. The molecule has 38 heavy (non-hydrogen) atoms. The zero-order chi connectivity index (χ0) is 28.5. The number of amides is 2. The van der Waals surface area contributed by atoms with Crippen LogP contribution in [0.4, 0.5) is 24.5 Å². The van der Waals surface area contributed by atoms with Crippen molar-refractivity contribution in [2.75, 3.05) is 42.9 Å². The zero-order valence-electron chi connectivity index (χ0n) is 20.8. The second kappa shape index (κ2) is 13.4. The number of aliphatic carboxylic acids is 1. The molecule has 0 aromatic heterocycles. The highest BCUT2D eigenvalue weighted by Crippen LogP contribution is 2.26. The van der Waals surface area contributed by atoms with Gasteiger partial charge < -0.3 is 25.7 Å². The van der Waals surface area contributed by atoms with Gasteiger partial charge in [-0.15, -0.1) is 0 Å². The highest BCUT2D eigenvalue weighted by atomic mass is 19.4. The summed E-state index contributed by atoms with van der Waals surface area (Å²) in [7, 11) is 0. The van der Waals surface area contributed by atoms with Crippen molar-refractivity contribution in [3.05, 3.63) is 59.7 Å². The number of nitrogens with one attached hydrogen (secondary N) is 2. The largest absolute Gasteiger partial charge is 0.490 e. The Labute approximate surface area is 217 Å². The van der Waals surface area contributed by atoms with Crippen LogP contribution in [0.2, 0.25) is 0 Å². The minimum atomic E-state index is -5.08. The topological polar surface area (TPSA) is 139 Å². The van der Waals surface area contributed by atoms with E-state index in [4.69, 9.17) is 9.90 Å². The Morgan fingerprint density at radius 3 is 2.03 bits per heavy atom. The third-order valence-electron chi connectivity index (χ3n) is 5.29. The van der Waals surface area contributed by atoms with E-state index in [9.17, 15) is 32.7 Å². The van der Waals surface area contributed by atoms with Gasteiger partial charge in [-0.1, -0.05) is 18.2 Å². The average Bonchev–Trinajstić information content (AvgIpc) is 2.84. The Balaban J connectivity index is 0.000000638. The lowest BCUT2D eigenvalue weighted by Gasteiger charge is -2.36. The summed E-state index contributed by atoms with van der Waals surface area (Å²) >= 11 is 0. The minimum absolute atomic E-state index is 0.00631. The molecule has 0 spiro atoms. The highest BCUT2D eigenvalue weighted by molar-refractivity contribution is 6.05. The van der Waals surface area contributed by atoms with Crippen LogP contribution in [0.25, 0.3) is 0 Å². The standard InChI is InChI=1S/C23H28N4O4.C2HF3O2/c1-16(2)24-21(28)15-26-10-12-27(13-11-26)20-9-8-18(14-19(20)23(30)31)25-22(29)17-6-4-3-5-7-17;3-2(4,5)1(6)7/h3-9,14,16H,10-13,15H2,1-2H3,(H,24,28)(H,25,29)(H,30,31);(H,6,7). The van der Waals surface area contributed by atoms with E-state index in [1.807, 2.05) is 24.8 Å². The van der Waals surface area contributed by atoms with E-state index < -0.39 is 18.1 Å². The molecule has 1 saturated heterocycles. The van der Waals surface area contributed by atoms with Crippen LogP contribution in [0.1, 0.15) is 34.6 Å². The van der Waals surface area contributed by atoms with Gasteiger partial charge >= 0.3 is 18.1 Å². The van der Waals surface area contributed by atoms with Gasteiger partial charge in [0.05, 0.1) is 17.8 Å². The van der Waals surface area contributed by atoms with E-state index in [1.54, 1.807) is 36.4 Å². The van der Waals surface area contributed by atoms with Crippen molar-refractivity contribution in [2.24, 2.45) is 0 Å². The van der Waals surface area contributed by atoms with Gasteiger partial charge in [-0.3, -0.25) is 14.5 Å². The van der Waals surface area contributed by atoms with Crippen molar-refractivity contribution >= 4 is 35.1 Å². The molecule has 0 unspecified atom stereocenters. The van der Waals surface area contributed by atoms with E-state index in [2.05, 4.69) is 15.5 Å². The summed E-state index contributed by atoms with van der Waals surface area (Å²) in [5, 5.41) is 22.5. The number of carbonyl (C=O) groups excluding carboxylic acids is 2. The van der Waals surface area contributed by atoms with Crippen LogP contribution < -0.4 is 15.5 Å². The van der Waals surface area contributed by atoms with Crippen LogP contribution in [0, 0.1) is 0 Å². The molecule has 1 fully saturated rings. The number of aromatic carboxylic acids is 1. The number of alkyl halides is 3. The van der Waals surface area contributed by atoms with E-state index in [-0.39, 0.29) is 23.4 Å². The fourth-order valence-electron chi connectivity index (χ4n) is 3.57. The predicted molar refractivity (Wildman–Crippen MR) is 133 cm³/mol. The number of carboxylic acid groups (broad SMARTS) is 2. The number of benzene rings is 2. The maximum Gasteiger partial charge on any atom is 0.490 e. The molecule has 0 radical (unpaired) electrons. The summed E-state index contributed by atoms with van der Waals surface area (Å²) in [6.07, 6.45) is -5.08. The molecule has 2 amide bonds. The van der Waals surface area contributed by atoms with Gasteiger partial charge in [0.1, 0.15) is 0 Å². The quantitative estimate of drug-likeness (QED) is 0.422. The van der Waals surface area contributed by atoms with Gasteiger partial charge in [-0.2, -0.15) is 13.2 Å². The first kappa shape index (κ1) is 30.1. The number of piperazine rings is 1. The summed E-state index contributed by atoms with van der Waals surface area (Å²) in [5.74, 6) is -4.11. The maximum absolute atomic E-state index is 12.4. The molecule has 2 aromatic carbocycles. The third kappa shape index (κ3) is 9.39. The van der Waals surface area contributed by atoms with Crippen molar-refractivity contribution in [1.82, 2.24) is 10.2 Å². The monoisotopic (exact) mass is 538 g/mol. The van der Waals surface area contributed by atoms with E-state index in [1.165, 1.54) is 6.07 Å². The van der Waals surface area contributed by atoms with E-state index in [0.717, 1.165) is 0 Å². The number of hydrogen-bond donors (Lipinski definition) is 4. The molecular weight excluding hydrogens is 509 g/mol. The number of anilines is 2. The van der Waals surface area contributed by atoms with Crippen molar-refractivity contribution < 1.29 is 42.6 Å². The van der Waals surface area contributed by atoms with Crippen molar-refractivity contribution in [3.63, 3.8) is 0 Å². The molecule has 0 saturated carbocycles. The summed E-state index contributed by atoms with van der Waals surface area (Å²) in [4.78, 5) is 49.2. The second-order valence-electron chi connectivity index (χ2n) is 8.65. The van der Waals surface area contributed by atoms with Gasteiger partial charge in [0.25, 0.3) is 5.91 Å². The molecule has 2 aromatic rings. The lowest BCUT2D eigenvalue weighted by molar-refractivity contribution is -0.192. The smallest absolute Gasteiger partial charge is 0.478 e. The molecule has 1 aliphatic heterocycles. The zero-order valence-corrected chi connectivity index (χ0v) is 20.8. The van der Waals surface area contributed by atoms with Crippen molar-refractivity contribution in [2.45, 2.75) is 26.1 Å². The normalized spacial score (nSPS) is 13.8. The molecule has 0 bridgehead atoms. The summed E-state index contributed by atoms with van der Waals surface area (Å²) in [6, 6.07) is 13.8. The average molecular weight is 539 g/mol. The Morgan fingerprint density at radius 1 is 0.947 bits per heavy atom. The Hall–Kier alpha value is -4.13. The maximum atomic E-state index is 12.4. The SMILES string of the molecule is CC(C)NC(=O)CN1CCN(c2ccc(NC(=O)c3ccccc3)cc2C(=O)O)CC1.O=C(O)C(F)(F)F. The number of carbonyl (C=O) groups is 4. The molecule has 10 nitrogen and oxygen atoms in total. The third-order valence-corrected chi connectivity index (χ3v) is 5.29. The molecule has 206 valence electrons. The van der Waals surface area contributed by atoms with Crippen LogP contribution >= 0.6 is 0 Å². The Bertz CT molecular complexity index is 1130. The second-order valence-corrected chi connectivity index (χ2v) is 8.65. The molecular formula is C25H29F3N4O6. The van der Waals surface area contributed by atoms with Crippen molar-refractivity contribution in [1.29, 1.82) is 0 Å². The Kier molecular flexibility index (Phi) is 10.6. The van der Waals surface area contributed by atoms with Crippen LogP contribution in [0.3, 0.4) is 0 Å². The van der Waals surface area contributed by atoms with Crippen LogP contribution in [-0.4, -0.2) is 83.8 Å². The van der Waals surface area contributed by atoms with Gasteiger partial charge in [-0.05, 0) is 44.2 Å². The lowest BCUT2D eigenvalue weighted by Crippen LogP contribution is -2.50. The van der Waals surface area contributed by atoms with E-state index >= 15 is 0 Å². The van der Waals surface area contributed by atoms with Gasteiger partial charge in [0.15, 0.2) is 0 Å². The van der Waals surface area contributed by atoms with Crippen LogP contribution in [0.5, 0.6) is 0 Å². The number of carboxylic acids is 2. The number of rotatable bonds is 7. The fourth-order valence-corrected chi connectivity index (χ4v) is 3.57. The van der Waals surface area contributed by atoms with Crippen LogP contribution in [0.15, 0.2) is 48.5 Å². The molecule has 3 rings (SSSR count). The number of hydrogen-bond acceptors (Lipinski definition) is 6.